The van der Waals surface area contributed by atoms with Crippen molar-refractivity contribution in [1.82, 2.24) is 10.2 Å². The molecule has 1 amide bonds. The Morgan fingerprint density at radius 2 is 1.20 bits per heavy atom. The van der Waals surface area contributed by atoms with Gasteiger partial charge >= 0.3 is 18.5 Å². The third-order valence-electron chi connectivity index (χ3n) is 6.22. The zero-order chi connectivity index (χ0) is 33.6. The van der Waals surface area contributed by atoms with Crippen LogP contribution in [-0.2, 0) is 18.5 Å². The van der Waals surface area contributed by atoms with Crippen molar-refractivity contribution >= 4 is 28.2 Å². The molecule has 0 unspecified atom stereocenters. The number of fused-ring (bicyclic) bond motifs is 1. The van der Waals surface area contributed by atoms with Gasteiger partial charge in [-0.05, 0) is 73.5 Å². The lowest BCUT2D eigenvalue weighted by Gasteiger charge is -2.12. The van der Waals surface area contributed by atoms with E-state index in [2.05, 4.69) is 15.5 Å². The van der Waals surface area contributed by atoms with Gasteiger partial charge in [0.05, 0.1) is 28.4 Å². The second-order valence-electron chi connectivity index (χ2n) is 9.59. The zero-order valence-electron chi connectivity index (χ0n) is 23.5. The molecule has 0 aliphatic heterocycles. The zero-order valence-corrected chi connectivity index (χ0v) is 23.5. The first kappa shape index (κ1) is 34.5. The maximum atomic E-state index is 12.6. The molecule has 0 saturated heterocycles. The fraction of sp³-hybridized carbons (Fsp3) is 0.161. The molecule has 0 radical (unpaired) electrons. The Hall–Kier alpha value is -5.01. The van der Waals surface area contributed by atoms with E-state index in [4.69, 9.17) is 5.73 Å². The molecular formula is C31H25F9N4O. The van der Waals surface area contributed by atoms with E-state index in [1.54, 1.807) is 44.2 Å². The van der Waals surface area contributed by atoms with Gasteiger partial charge in [0.2, 0.25) is 0 Å². The van der Waals surface area contributed by atoms with Gasteiger partial charge in [-0.15, -0.1) is 0 Å². The smallest absolute Gasteiger partial charge is 0.399 e. The monoisotopic (exact) mass is 640 g/mol. The molecule has 0 bridgehead atoms. The Labute approximate surface area is 250 Å². The second-order valence-corrected chi connectivity index (χ2v) is 9.59. The molecule has 14 heteroatoms. The highest BCUT2D eigenvalue weighted by Crippen LogP contribution is 2.33. The van der Waals surface area contributed by atoms with E-state index >= 15 is 0 Å². The quantitative estimate of drug-likeness (QED) is 0.133. The summed E-state index contributed by atoms with van der Waals surface area (Å²) in [5.74, 6) is -0.437. The van der Waals surface area contributed by atoms with Crippen molar-refractivity contribution in [3.63, 3.8) is 0 Å². The molecule has 0 atom stereocenters. The van der Waals surface area contributed by atoms with Crippen molar-refractivity contribution in [3.8, 4) is 0 Å². The highest BCUT2D eigenvalue weighted by Gasteiger charge is 2.32. The average Bonchev–Trinajstić information content (AvgIpc) is 3.43. The number of rotatable bonds is 2. The number of halogens is 9. The van der Waals surface area contributed by atoms with E-state index in [0.29, 0.717) is 27.6 Å². The minimum atomic E-state index is -4.43. The largest absolute Gasteiger partial charge is 0.416 e. The van der Waals surface area contributed by atoms with Gasteiger partial charge in [-0.2, -0.15) is 44.6 Å². The number of nitrogens with two attached hydrogens (primary N) is 1. The maximum Gasteiger partial charge on any atom is 0.416 e. The van der Waals surface area contributed by atoms with Crippen molar-refractivity contribution in [1.29, 1.82) is 0 Å². The summed E-state index contributed by atoms with van der Waals surface area (Å²) >= 11 is 0. The molecular weight excluding hydrogens is 615 g/mol. The second kappa shape index (κ2) is 13.7. The van der Waals surface area contributed by atoms with E-state index in [9.17, 15) is 44.3 Å². The summed E-state index contributed by atoms with van der Waals surface area (Å²) in [5.41, 5.74) is 5.52. The van der Waals surface area contributed by atoms with Crippen LogP contribution in [0, 0.1) is 13.8 Å². The number of nitrogen functional groups attached to an aromatic ring is 1. The normalized spacial score (nSPS) is 11.6. The molecule has 0 saturated carbocycles. The molecule has 4 N–H and O–H groups in total. The summed E-state index contributed by atoms with van der Waals surface area (Å²) < 4.78 is 111. The first-order chi connectivity index (χ1) is 20.9. The molecule has 1 heterocycles. The number of carbonyl (C=O) groups excluding carboxylic acids is 1. The van der Waals surface area contributed by atoms with Gasteiger partial charge in [-0.3, -0.25) is 9.89 Å². The lowest BCUT2D eigenvalue weighted by molar-refractivity contribution is -0.138. The van der Waals surface area contributed by atoms with Crippen LogP contribution in [0.5, 0.6) is 0 Å². The van der Waals surface area contributed by atoms with Gasteiger partial charge in [0.25, 0.3) is 5.91 Å². The number of aromatic nitrogens is 2. The summed E-state index contributed by atoms with van der Waals surface area (Å²) in [6.07, 6.45) is -11.5. The SMILES string of the molecule is Cc1ccc(C(F)(F)F)cc1N.Cc1ccc(C(F)(F)F)cc1NC(=O)c1ccccc1.FC(F)(F)c1ccc2cn[nH]c2c1. The van der Waals surface area contributed by atoms with Crippen LogP contribution < -0.4 is 11.1 Å². The Morgan fingerprint density at radius 1 is 0.689 bits per heavy atom. The van der Waals surface area contributed by atoms with Gasteiger partial charge in [0, 0.05) is 22.3 Å². The van der Waals surface area contributed by atoms with Crippen LogP contribution in [0.3, 0.4) is 0 Å². The van der Waals surface area contributed by atoms with Gasteiger partial charge < -0.3 is 11.1 Å². The summed E-state index contributed by atoms with van der Waals surface area (Å²) in [5, 5.41) is 9.29. The van der Waals surface area contributed by atoms with Crippen LogP contribution in [-0.4, -0.2) is 16.1 Å². The Balaban J connectivity index is 0.000000193. The number of aromatic amines is 1. The molecule has 1 aromatic heterocycles. The van der Waals surface area contributed by atoms with Crippen molar-refractivity contribution < 1.29 is 44.3 Å². The predicted octanol–water partition coefficient (Wildman–Crippen LogP) is 9.44. The number of hydrogen-bond acceptors (Lipinski definition) is 3. The number of aryl methyl sites for hydroxylation is 2. The number of H-pyrrole nitrogens is 1. The van der Waals surface area contributed by atoms with E-state index in [1.807, 2.05) is 0 Å². The number of nitrogens with one attached hydrogen (secondary N) is 2. The molecule has 4 aromatic carbocycles. The van der Waals surface area contributed by atoms with Crippen LogP contribution in [0.2, 0.25) is 0 Å². The van der Waals surface area contributed by atoms with Gasteiger partial charge in [-0.25, -0.2) is 0 Å². The Kier molecular flexibility index (Phi) is 10.5. The average molecular weight is 641 g/mol. The molecule has 45 heavy (non-hydrogen) atoms. The van der Waals surface area contributed by atoms with E-state index in [1.165, 1.54) is 24.4 Å². The van der Waals surface area contributed by atoms with Gasteiger partial charge in [-0.1, -0.05) is 36.4 Å². The number of carbonyl (C=O) groups is 1. The van der Waals surface area contributed by atoms with E-state index < -0.39 is 41.1 Å². The molecule has 238 valence electrons. The number of nitrogens with zero attached hydrogens (tertiary/aromatic N) is 1. The Bertz CT molecular complexity index is 1740. The van der Waals surface area contributed by atoms with Crippen LogP contribution in [0.15, 0.2) is 91.1 Å². The highest BCUT2D eigenvalue weighted by molar-refractivity contribution is 6.04. The number of amides is 1. The maximum absolute atomic E-state index is 12.6. The van der Waals surface area contributed by atoms with Crippen LogP contribution in [0.1, 0.15) is 38.2 Å². The van der Waals surface area contributed by atoms with Gasteiger partial charge in [0.1, 0.15) is 0 Å². The van der Waals surface area contributed by atoms with Crippen molar-refractivity contribution in [3.05, 3.63) is 125 Å². The molecule has 0 spiro atoms. The van der Waals surface area contributed by atoms with Crippen LogP contribution in [0.4, 0.5) is 50.9 Å². The predicted molar refractivity (Wildman–Crippen MR) is 152 cm³/mol. The molecule has 5 aromatic rings. The number of benzene rings is 4. The molecule has 5 rings (SSSR count). The molecule has 0 fully saturated rings. The van der Waals surface area contributed by atoms with Crippen molar-refractivity contribution in [2.45, 2.75) is 32.4 Å². The summed E-state index contributed by atoms with van der Waals surface area (Å²) in [4.78, 5) is 11.9. The topological polar surface area (TPSA) is 83.8 Å². The number of anilines is 2. The summed E-state index contributed by atoms with van der Waals surface area (Å²) in [6.45, 7) is 3.30. The molecule has 5 nitrogen and oxygen atoms in total. The van der Waals surface area contributed by atoms with Crippen molar-refractivity contribution in [2.75, 3.05) is 11.1 Å². The first-order valence-electron chi connectivity index (χ1n) is 12.8. The lowest BCUT2D eigenvalue weighted by Crippen LogP contribution is -2.14. The number of hydrogen-bond donors (Lipinski definition) is 3. The van der Waals surface area contributed by atoms with E-state index in [-0.39, 0.29) is 11.4 Å². The van der Waals surface area contributed by atoms with E-state index in [0.717, 1.165) is 36.4 Å². The van der Waals surface area contributed by atoms with Gasteiger partial charge in [0.15, 0.2) is 0 Å². The highest BCUT2D eigenvalue weighted by atomic mass is 19.4. The minimum Gasteiger partial charge on any atom is -0.399 e. The molecule has 0 aliphatic carbocycles. The Morgan fingerprint density at radius 3 is 1.76 bits per heavy atom. The van der Waals surface area contributed by atoms with Crippen LogP contribution in [0.25, 0.3) is 10.9 Å². The number of alkyl halides is 9. The van der Waals surface area contributed by atoms with Crippen LogP contribution >= 0.6 is 0 Å². The lowest BCUT2D eigenvalue weighted by atomic mass is 10.1. The van der Waals surface area contributed by atoms with Crippen molar-refractivity contribution in [2.24, 2.45) is 0 Å². The third kappa shape index (κ3) is 9.74. The third-order valence-corrected chi connectivity index (χ3v) is 6.22. The first-order valence-corrected chi connectivity index (χ1v) is 12.8. The fourth-order valence-electron chi connectivity index (χ4n) is 3.65. The molecule has 0 aliphatic rings. The fourth-order valence-corrected chi connectivity index (χ4v) is 3.65. The minimum absolute atomic E-state index is 0.161. The standard InChI is InChI=1S/C15H12F3NO.C8H5F3N2.C8H8F3N/c1-10-7-8-12(15(16,17)18)9-13(10)19-14(20)11-5-3-2-4-6-11;9-8(10,11)6-2-1-5-4-12-13-7(5)3-6;1-5-2-3-6(4-7(5)12)8(9,10)11/h2-9H,1H3,(H,19,20);1-4H,(H,12,13);2-4H,12H2,1H3. The summed E-state index contributed by atoms with van der Waals surface area (Å²) in [6, 6.07) is 18.4. The summed E-state index contributed by atoms with van der Waals surface area (Å²) in [7, 11) is 0.